The minimum Gasteiger partial charge on any atom is -2.00 e. The van der Waals surface area contributed by atoms with E-state index >= 15 is 0 Å². The highest BCUT2D eigenvalue weighted by molar-refractivity contribution is 9.18. The summed E-state index contributed by atoms with van der Waals surface area (Å²) in [5.41, 5.74) is 3.98. The van der Waals surface area contributed by atoms with Gasteiger partial charge in [0.2, 0.25) is 0 Å². The second-order valence-corrected chi connectivity index (χ2v) is 23.6. The number of halogens is 20. The van der Waals surface area contributed by atoms with Crippen LogP contribution >= 0.6 is 319 Å². The summed E-state index contributed by atoms with van der Waals surface area (Å²) in [6.07, 6.45) is 0. The normalized spacial score (nSPS) is 10.9. The highest BCUT2D eigenvalue weighted by atomic mass is 79.9. The predicted molar refractivity (Wildman–Crippen MR) is 265 cm³/mol. The Morgan fingerprint density at radius 2 is 0.200 bits per heavy atom. The molecule has 0 unspecified atom stereocenters. The molecule has 0 aromatic heterocycles. The third kappa shape index (κ3) is 9.87. The minimum atomic E-state index is 0. The van der Waals surface area contributed by atoms with Gasteiger partial charge in [-0.3, -0.25) is 0 Å². The molecule has 0 N–H and O–H groups in total. The fraction of sp³-hybridized carbons (Fsp3) is 0. The lowest BCUT2D eigenvalue weighted by Crippen LogP contribution is -1.93. The Morgan fingerprint density at radius 3 is 0.289 bits per heavy atom. The van der Waals surface area contributed by atoms with Crippen LogP contribution in [0.5, 0.6) is 0 Å². The Balaban J connectivity index is 0.000000307. The molecule has 45 heavy (non-hydrogen) atoms. The van der Waals surface area contributed by atoms with Gasteiger partial charge < -0.3 is 13.5 Å². The molecule has 0 saturated heterocycles. The van der Waals surface area contributed by atoms with Gasteiger partial charge in [0.05, 0.1) is 0 Å². The van der Waals surface area contributed by atoms with Crippen molar-refractivity contribution in [3.05, 3.63) is 89.5 Å². The quantitative estimate of drug-likeness (QED) is 0.139. The summed E-state index contributed by atoms with van der Waals surface area (Å²) in [5, 5.41) is 0. The molecule has 0 bridgehead atoms. The van der Waals surface area contributed by atoms with Crippen molar-refractivity contribution < 1.29 is 0 Å². The molecule has 0 radical (unpaired) electrons. The van der Waals surface area contributed by atoms with E-state index < -0.39 is 0 Å². The summed E-state index contributed by atoms with van der Waals surface area (Å²) in [5.74, 6) is 0. The van der Waals surface area contributed by atoms with Crippen LogP contribution < -0.4 is 0 Å². The van der Waals surface area contributed by atoms with E-state index in [1.807, 2.05) is 0 Å². The van der Waals surface area contributed by atoms with Gasteiger partial charge in [-0.2, -0.15) is 0 Å². The van der Waals surface area contributed by atoms with Gasteiger partial charge in [-0.25, -0.2) is 0 Å². The van der Waals surface area contributed by atoms with Crippen molar-refractivity contribution in [2.45, 2.75) is 0 Å². The van der Waals surface area contributed by atoms with Crippen LogP contribution in [0.15, 0.2) is 89.5 Å². The number of benzene rings is 4. The van der Waals surface area contributed by atoms with Gasteiger partial charge in [0.1, 0.15) is 0 Å². The highest BCUT2D eigenvalue weighted by Crippen LogP contribution is 2.57. The summed E-state index contributed by atoms with van der Waals surface area (Å²) in [7, 11) is 0. The van der Waals surface area contributed by atoms with Crippen LogP contribution in [-0.2, 0) is 13.5 Å². The van der Waals surface area contributed by atoms with E-state index in [4.69, 9.17) is 0 Å². The zero-order valence-electron chi connectivity index (χ0n) is 20.0. The van der Waals surface area contributed by atoms with Crippen molar-refractivity contribution >= 4 is 332 Å². The molecule has 4 aromatic rings. The van der Waals surface area contributed by atoms with E-state index in [1.165, 1.54) is 0 Å². The van der Waals surface area contributed by atoms with E-state index in [-0.39, 0.29) is 13.5 Å². The topological polar surface area (TPSA) is 0 Å². The lowest BCUT2D eigenvalue weighted by molar-refractivity contribution is 1.39. The molecule has 4 aromatic carbocycles. The molecule has 0 atom stereocenters. The number of rotatable bonds is 2. The molecular weight excluding hydrogens is 1920 g/mol. The number of hydrogen-bond donors (Lipinski definition) is 0. The van der Waals surface area contributed by atoms with Gasteiger partial charge >= 0.3 is 0 Å². The third-order valence-electron chi connectivity index (χ3n) is 5.34. The number of hydrogen-bond acceptors (Lipinski definition) is 0. The fourth-order valence-electron chi connectivity index (χ4n) is 3.30. The van der Waals surface area contributed by atoms with Crippen molar-refractivity contribution in [1.82, 2.24) is 0 Å². The Morgan fingerprint density at radius 1 is 0.133 bits per heavy atom. The Hall–Kier alpha value is 6.83. The zero-order valence-corrected chi connectivity index (χ0v) is 52.5. The molecule has 0 aliphatic rings. The van der Waals surface area contributed by atoms with Crippen molar-refractivity contribution in [2.24, 2.45) is 0 Å². The average molecular weight is 1920 g/mol. The lowest BCUT2D eigenvalue weighted by Gasteiger charge is -2.19. The first-order valence-corrected chi connectivity index (χ1v) is 26.1. The van der Waals surface area contributed by atoms with Gasteiger partial charge in [0.15, 0.2) is 0 Å². The summed E-state index contributed by atoms with van der Waals surface area (Å²) < 4.78 is 18.5. The molecular formula is C24Br20S-2. The van der Waals surface area contributed by atoms with Crippen molar-refractivity contribution in [3.8, 4) is 22.3 Å². The van der Waals surface area contributed by atoms with Gasteiger partial charge in [-0.1, -0.05) is 0 Å². The maximum atomic E-state index is 3.68. The first kappa shape index (κ1) is 48.0. The predicted octanol–water partition coefficient (Wildman–Crippen LogP) is 22.0. The molecule has 0 fully saturated rings. The summed E-state index contributed by atoms with van der Waals surface area (Å²) in [4.78, 5) is 0. The highest BCUT2D eigenvalue weighted by Gasteiger charge is 2.27. The molecule has 0 aliphatic heterocycles. The van der Waals surface area contributed by atoms with Crippen LogP contribution in [0.2, 0.25) is 0 Å². The van der Waals surface area contributed by atoms with Gasteiger partial charge in [-0.15, -0.1) is 0 Å². The van der Waals surface area contributed by atoms with E-state index in [2.05, 4.69) is 319 Å². The van der Waals surface area contributed by atoms with Crippen LogP contribution in [0.4, 0.5) is 0 Å². The zero-order chi connectivity index (χ0) is 33.9. The van der Waals surface area contributed by atoms with Crippen LogP contribution in [0, 0.1) is 0 Å². The SMILES string of the molecule is Brc1c(Br)c(Br)c(-c2c(Br)c(Br)c(Br)c(Br)c2Br)c(Br)c1Br.Brc1c(Br)c(Br)c(-c2c(Br)c(Br)c(Br)c(Br)c2Br)c(Br)c1Br.[S-2]. The van der Waals surface area contributed by atoms with Crippen LogP contribution in [-0.4, -0.2) is 0 Å². The largest absolute Gasteiger partial charge is 2.00 e. The van der Waals surface area contributed by atoms with Gasteiger partial charge in [0.25, 0.3) is 0 Å². The standard InChI is InChI=1S/2C12Br10.S/c2*13-3-1(4(14)8(18)11(21)7(3)17)2-5(15)9(19)12(22)10(20)6(2)16;/q;;-2. The van der Waals surface area contributed by atoms with E-state index in [0.717, 1.165) is 112 Å². The smallest absolute Gasteiger partial charge is 0.0482 e. The van der Waals surface area contributed by atoms with Crippen molar-refractivity contribution in [1.29, 1.82) is 0 Å². The summed E-state index contributed by atoms with van der Waals surface area (Å²) in [6.45, 7) is 0. The molecule has 244 valence electrons. The van der Waals surface area contributed by atoms with Crippen molar-refractivity contribution in [2.75, 3.05) is 0 Å². The second kappa shape index (κ2) is 20.3. The second-order valence-electron chi connectivity index (χ2n) is 7.78. The molecule has 0 aliphatic carbocycles. The Labute approximate surface area is 434 Å². The summed E-state index contributed by atoms with van der Waals surface area (Å²) in [6, 6.07) is 0. The molecule has 0 spiro atoms. The summed E-state index contributed by atoms with van der Waals surface area (Å²) >= 11 is 72.5. The monoisotopic (exact) mass is 1900 g/mol. The maximum Gasteiger partial charge on any atom is 0.0482 e. The molecule has 21 heteroatoms. The minimum absolute atomic E-state index is 0. The van der Waals surface area contributed by atoms with Crippen LogP contribution in [0.1, 0.15) is 0 Å². The first-order valence-electron chi connectivity index (χ1n) is 10.3. The third-order valence-corrected chi connectivity index (χ3v) is 29.7. The lowest BCUT2D eigenvalue weighted by atomic mass is 10.1. The fourth-order valence-corrected chi connectivity index (χ4v) is 17.1. The van der Waals surface area contributed by atoms with Crippen LogP contribution in [0.3, 0.4) is 0 Å². The first-order chi connectivity index (χ1) is 20.2. The molecule has 0 heterocycles. The van der Waals surface area contributed by atoms with E-state index in [1.54, 1.807) is 0 Å². The molecule has 0 saturated carbocycles. The Bertz CT molecular complexity index is 1480. The molecule has 0 amide bonds. The van der Waals surface area contributed by atoms with Gasteiger partial charge in [-0.05, 0) is 319 Å². The van der Waals surface area contributed by atoms with E-state index in [9.17, 15) is 0 Å². The molecule has 4 rings (SSSR count). The van der Waals surface area contributed by atoms with Crippen LogP contribution in [0.25, 0.3) is 22.3 Å². The average Bonchev–Trinajstić information content (AvgIpc) is 3.00. The molecule has 0 nitrogen and oxygen atoms in total. The van der Waals surface area contributed by atoms with Crippen molar-refractivity contribution in [3.63, 3.8) is 0 Å². The maximum absolute atomic E-state index is 3.68. The Kier molecular flexibility index (Phi) is 21.7. The van der Waals surface area contributed by atoms with E-state index in [0.29, 0.717) is 0 Å². The van der Waals surface area contributed by atoms with Gasteiger partial charge in [0, 0.05) is 112 Å².